The first-order chi connectivity index (χ1) is 11.7. The molecule has 0 fully saturated rings. The largest absolute Gasteiger partial charge is 0.310 e. The van der Waals surface area contributed by atoms with E-state index >= 15 is 0 Å². The van der Waals surface area contributed by atoms with Gasteiger partial charge in [-0.15, -0.1) is 0 Å². The lowest BCUT2D eigenvalue weighted by atomic mass is 10.1. The Hall–Kier alpha value is -2.58. The topological polar surface area (TPSA) is 3.24 Å². The minimum Gasteiger partial charge on any atom is -0.310 e. The Kier molecular flexibility index (Phi) is 4.97. The number of benzene rings is 3. The van der Waals surface area contributed by atoms with Gasteiger partial charge in [-0.1, -0.05) is 77.6 Å². The predicted octanol–water partition coefficient (Wildman–Crippen LogP) is 7.00. The van der Waals surface area contributed by atoms with Gasteiger partial charge in [0.15, 0.2) is 0 Å². The van der Waals surface area contributed by atoms with Gasteiger partial charge in [0.1, 0.15) is 0 Å². The van der Waals surface area contributed by atoms with E-state index in [0.29, 0.717) is 0 Å². The smallest absolute Gasteiger partial charge is 0.0479 e. The monoisotopic (exact) mass is 375 g/mol. The molecule has 1 nitrogen and oxygen atoms in total. The lowest BCUT2D eigenvalue weighted by Crippen LogP contribution is -2.15. The third-order valence-corrected chi connectivity index (χ3v) is 4.48. The molecule has 2 heteroatoms. The minimum atomic E-state index is 0.971. The van der Waals surface area contributed by atoms with E-state index in [-0.39, 0.29) is 0 Å². The van der Waals surface area contributed by atoms with Gasteiger partial charge in [-0.2, -0.15) is 0 Å². The Morgan fingerprint density at radius 1 is 0.875 bits per heavy atom. The van der Waals surface area contributed by atoms with Crippen molar-refractivity contribution in [2.75, 3.05) is 4.90 Å². The normalized spacial score (nSPS) is 11.3. The molecular weight excluding hydrogens is 358 g/mol. The van der Waals surface area contributed by atoms with Crippen molar-refractivity contribution in [3.63, 3.8) is 0 Å². The van der Waals surface area contributed by atoms with E-state index in [0.717, 1.165) is 21.5 Å². The zero-order valence-corrected chi connectivity index (χ0v) is 14.9. The molecule has 0 aromatic heterocycles. The third kappa shape index (κ3) is 3.19. The summed E-state index contributed by atoms with van der Waals surface area (Å²) in [4.78, 5) is 2.17. The SMILES string of the molecule is C=C/C=C(\C=C)N(c1ccccc1)c1cc(Br)c2ccccc2c1. The summed E-state index contributed by atoms with van der Waals surface area (Å²) in [5.41, 5.74) is 3.12. The second-order valence-electron chi connectivity index (χ2n) is 5.35. The van der Waals surface area contributed by atoms with Crippen molar-refractivity contribution in [1.82, 2.24) is 0 Å². The number of para-hydroxylation sites is 1. The molecule has 3 aromatic carbocycles. The van der Waals surface area contributed by atoms with Crippen molar-refractivity contribution in [1.29, 1.82) is 0 Å². The number of halogens is 1. The molecule has 0 saturated carbocycles. The van der Waals surface area contributed by atoms with Crippen molar-refractivity contribution < 1.29 is 0 Å². The molecule has 0 bridgehead atoms. The van der Waals surface area contributed by atoms with Crippen LogP contribution in [0.15, 0.2) is 108 Å². The molecule has 0 amide bonds. The van der Waals surface area contributed by atoms with Crippen LogP contribution >= 0.6 is 15.9 Å². The molecule has 0 spiro atoms. The molecular formula is C22H18BrN. The number of hydrogen-bond acceptors (Lipinski definition) is 1. The van der Waals surface area contributed by atoms with Crippen LogP contribution in [0.3, 0.4) is 0 Å². The van der Waals surface area contributed by atoms with Gasteiger partial charge in [0.25, 0.3) is 0 Å². The van der Waals surface area contributed by atoms with Crippen LogP contribution in [0.25, 0.3) is 10.8 Å². The average molecular weight is 376 g/mol. The Labute approximate surface area is 151 Å². The van der Waals surface area contributed by atoms with E-state index < -0.39 is 0 Å². The Balaban J connectivity index is 2.24. The first-order valence-electron chi connectivity index (χ1n) is 7.73. The summed E-state index contributed by atoms with van der Waals surface area (Å²) in [6.45, 7) is 7.79. The molecule has 0 radical (unpaired) electrons. The van der Waals surface area contributed by atoms with Crippen LogP contribution in [0.4, 0.5) is 11.4 Å². The zero-order chi connectivity index (χ0) is 16.9. The van der Waals surface area contributed by atoms with Gasteiger partial charge < -0.3 is 4.90 Å². The van der Waals surface area contributed by atoms with Crippen LogP contribution < -0.4 is 4.90 Å². The molecule has 0 heterocycles. The van der Waals surface area contributed by atoms with Gasteiger partial charge in [0.2, 0.25) is 0 Å². The molecule has 0 unspecified atom stereocenters. The number of hydrogen-bond donors (Lipinski definition) is 0. The number of nitrogens with zero attached hydrogens (tertiary/aromatic N) is 1. The Morgan fingerprint density at radius 3 is 2.29 bits per heavy atom. The highest BCUT2D eigenvalue weighted by atomic mass is 79.9. The number of anilines is 2. The van der Waals surface area contributed by atoms with Crippen molar-refractivity contribution in [3.05, 3.63) is 108 Å². The quantitative estimate of drug-likeness (QED) is 0.434. The fraction of sp³-hybridized carbons (Fsp3) is 0. The zero-order valence-electron chi connectivity index (χ0n) is 13.3. The number of allylic oxidation sites excluding steroid dienone is 3. The molecule has 0 N–H and O–H groups in total. The summed E-state index contributed by atoms with van der Waals surface area (Å²) >= 11 is 3.71. The van der Waals surface area contributed by atoms with E-state index in [9.17, 15) is 0 Å². The highest BCUT2D eigenvalue weighted by Crippen LogP contribution is 2.36. The van der Waals surface area contributed by atoms with Gasteiger partial charge in [0.05, 0.1) is 0 Å². The second kappa shape index (κ2) is 7.33. The first kappa shape index (κ1) is 16.3. The van der Waals surface area contributed by atoms with Crippen LogP contribution in [-0.4, -0.2) is 0 Å². The maximum absolute atomic E-state index is 3.97. The number of rotatable bonds is 5. The fourth-order valence-corrected chi connectivity index (χ4v) is 3.35. The Morgan fingerprint density at radius 2 is 1.58 bits per heavy atom. The van der Waals surface area contributed by atoms with Crippen LogP contribution in [0.2, 0.25) is 0 Å². The summed E-state index contributed by atoms with van der Waals surface area (Å²) in [7, 11) is 0. The molecule has 3 aromatic rings. The average Bonchev–Trinajstić information content (AvgIpc) is 2.62. The molecule has 0 aliphatic rings. The van der Waals surface area contributed by atoms with E-state index in [2.05, 4.69) is 82.5 Å². The summed E-state index contributed by atoms with van der Waals surface area (Å²) in [5.74, 6) is 0. The summed E-state index contributed by atoms with van der Waals surface area (Å²) in [6.07, 6.45) is 5.59. The van der Waals surface area contributed by atoms with Crippen molar-refractivity contribution in [2.24, 2.45) is 0 Å². The lowest BCUT2D eigenvalue weighted by molar-refractivity contribution is 1.21. The first-order valence-corrected chi connectivity index (χ1v) is 8.52. The highest BCUT2D eigenvalue weighted by Gasteiger charge is 2.14. The van der Waals surface area contributed by atoms with Gasteiger partial charge in [-0.3, -0.25) is 0 Å². The second-order valence-corrected chi connectivity index (χ2v) is 6.21. The number of fused-ring (bicyclic) bond motifs is 1. The van der Waals surface area contributed by atoms with Gasteiger partial charge in [-0.25, -0.2) is 0 Å². The van der Waals surface area contributed by atoms with Crippen LogP contribution in [0, 0.1) is 0 Å². The minimum absolute atomic E-state index is 0.971. The van der Waals surface area contributed by atoms with Crippen LogP contribution in [0.1, 0.15) is 0 Å². The van der Waals surface area contributed by atoms with Crippen LogP contribution in [0.5, 0.6) is 0 Å². The standard InChI is InChI=1S/C22H18BrN/c1-3-10-18(4-2)24(19-12-6-5-7-13-19)20-15-17-11-8-9-14-21(17)22(23)16-20/h3-16H,1-2H2/b18-10+. The predicted molar refractivity (Wildman–Crippen MR) is 109 cm³/mol. The van der Waals surface area contributed by atoms with Crippen molar-refractivity contribution in [2.45, 2.75) is 0 Å². The third-order valence-electron chi connectivity index (χ3n) is 3.82. The molecule has 3 rings (SSSR count). The van der Waals surface area contributed by atoms with E-state index in [1.807, 2.05) is 30.4 Å². The summed E-state index contributed by atoms with van der Waals surface area (Å²) in [6, 6.07) is 22.9. The van der Waals surface area contributed by atoms with Gasteiger partial charge in [-0.05, 0) is 47.2 Å². The molecule has 0 aliphatic carbocycles. The molecule has 24 heavy (non-hydrogen) atoms. The maximum Gasteiger partial charge on any atom is 0.0479 e. The molecule has 118 valence electrons. The molecule has 0 atom stereocenters. The van der Waals surface area contributed by atoms with Crippen molar-refractivity contribution >= 4 is 38.1 Å². The van der Waals surface area contributed by atoms with E-state index in [4.69, 9.17) is 0 Å². The Bertz CT molecular complexity index is 910. The van der Waals surface area contributed by atoms with Crippen molar-refractivity contribution in [3.8, 4) is 0 Å². The maximum atomic E-state index is 3.97. The molecule has 0 saturated heterocycles. The molecule has 0 aliphatic heterocycles. The van der Waals surface area contributed by atoms with Crippen LogP contribution in [-0.2, 0) is 0 Å². The van der Waals surface area contributed by atoms with E-state index in [1.54, 1.807) is 6.08 Å². The van der Waals surface area contributed by atoms with E-state index in [1.165, 1.54) is 10.8 Å². The summed E-state index contributed by atoms with van der Waals surface area (Å²) in [5, 5.41) is 2.38. The summed E-state index contributed by atoms with van der Waals surface area (Å²) < 4.78 is 1.07. The highest BCUT2D eigenvalue weighted by molar-refractivity contribution is 9.10. The fourth-order valence-electron chi connectivity index (χ4n) is 2.76. The lowest BCUT2D eigenvalue weighted by Gasteiger charge is -2.26. The van der Waals surface area contributed by atoms with Gasteiger partial charge in [0, 0.05) is 21.5 Å². The van der Waals surface area contributed by atoms with Gasteiger partial charge >= 0.3 is 0 Å².